The lowest BCUT2D eigenvalue weighted by Gasteiger charge is -2.09. The summed E-state index contributed by atoms with van der Waals surface area (Å²) < 4.78 is 0. The van der Waals surface area contributed by atoms with Crippen molar-refractivity contribution in [1.82, 2.24) is 0 Å². The molecule has 0 fully saturated rings. The van der Waals surface area contributed by atoms with Crippen molar-refractivity contribution in [3.05, 3.63) is 60.2 Å². The van der Waals surface area contributed by atoms with E-state index in [2.05, 4.69) is 10.6 Å². The van der Waals surface area contributed by atoms with Crippen LogP contribution in [0, 0.1) is 5.92 Å². The Morgan fingerprint density at radius 3 is 2.05 bits per heavy atom. The number of carboxylic acids is 1. The summed E-state index contributed by atoms with van der Waals surface area (Å²) in [5.41, 5.74) is 2.29. The molecule has 3 N–H and O–H groups in total. The molecule has 2 amide bonds. The van der Waals surface area contributed by atoms with Gasteiger partial charge in [-0.1, -0.05) is 37.3 Å². The lowest BCUT2D eigenvalue weighted by Crippen LogP contribution is -2.19. The summed E-state index contributed by atoms with van der Waals surface area (Å²) in [7, 11) is 0. The van der Waals surface area contributed by atoms with E-state index < -0.39 is 11.9 Å². The number of hydrogen-bond donors (Lipinski definition) is 3. The Morgan fingerprint density at radius 1 is 0.955 bits per heavy atom. The first kappa shape index (κ1) is 15.6. The third-order valence-electron chi connectivity index (χ3n) is 3.21. The highest BCUT2D eigenvalue weighted by Crippen LogP contribution is 2.14. The van der Waals surface area contributed by atoms with Crippen molar-refractivity contribution in [2.75, 3.05) is 10.6 Å². The lowest BCUT2D eigenvalue weighted by atomic mass is 10.0. The number of para-hydroxylation sites is 1. The summed E-state index contributed by atoms with van der Waals surface area (Å²) in [6.07, 6.45) is 0.464. The van der Waals surface area contributed by atoms with Crippen LogP contribution in [0.5, 0.6) is 0 Å². The summed E-state index contributed by atoms with van der Waals surface area (Å²) in [5, 5.41) is 14.3. The van der Waals surface area contributed by atoms with Crippen LogP contribution in [0.1, 0.15) is 12.5 Å². The second-order valence-corrected chi connectivity index (χ2v) is 5.09. The molecular formula is C17H18N2O3. The van der Waals surface area contributed by atoms with Crippen LogP contribution in [0.15, 0.2) is 54.6 Å². The molecule has 5 nitrogen and oxygen atoms in total. The number of carboxylic acid groups (broad SMARTS) is 1. The molecule has 0 aliphatic heterocycles. The quantitative estimate of drug-likeness (QED) is 0.789. The molecule has 114 valence electrons. The first-order valence-corrected chi connectivity index (χ1v) is 6.99. The highest BCUT2D eigenvalue weighted by Gasteiger charge is 2.11. The van der Waals surface area contributed by atoms with Gasteiger partial charge in [-0.2, -0.15) is 0 Å². The second-order valence-electron chi connectivity index (χ2n) is 5.09. The molecule has 0 saturated heterocycles. The van der Waals surface area contributed by atoms with E-state index in [9.17, 15) is 9.59 Å². The maximum atomic E-state index is 11.8. The van der Waals surface area contributed by atoms with Crippen molar-refractivity contribution >= 4 is 23.4 Å². The van der Waals surface area contributed by atoms with Crippen LogP contribution < -0.4 is 10.6 Å². The molecule has 0 radical (unpaired) electrons. The van der Waals surface area contributed by atoms with Gasteiger partial charge in [-0.3, -0.25) is 4.79 Å². The van der Waals surface area contributed by atoms with Gasteiger partial charge in [0.15, 0.2) is 0 Å². The minimum absolute atomic E-state index is 0.321. The third-order valence-corrected chi connectivity index (χ3v) is 3.21. The number of aliphatic carboxylic acids is 1. The smallest absolute Gasteiger partial charge is 0.323 e. The number of benzene rings is 2. The van der Waals surface area contributed by atoms with E-state index in [0.29, 0.717) is 17.8 Å². The zero-order chi connectivity index (χ0) is 15.9. The predicted molar refractivity (Wildman–Crippen MR) is 86.0 cm³/mol. The number of nitrogens with one attached hydrogen (secondary N) is 2. The predicted octanol–water partition coefficient (Wildman–Crippen LogP) is 3.59. The zero-order valence-electron chi connectivity index (χ0n) is 12.2. The van der Waals surface area contributed by atoms with Gasteiger partial charge < -0.3 is 15.7 Å². The molecule has 5 heteroatoms. The zero-order valence-corrected chi connectivity index (χ0v) is 12.2. The lowest BCUT2D eigenvalue weighted by molar-refractivity contribution is -0.141. The van der Waals surface area contributed by atoms with E-state index in [-0.39, 0.29) is 6.03 Å². The second kappa shape index (κ2) is 7.26. The number of carbonyl (C=O) groups is 2. The maximum absolute atomic E-state index is 11.8. The van der Waals surface area contributed by atoms with Gasteiger partial charge >= 0.3 is 12.0 Å². The molecule has 2 rings (SSSR count). The fourth-order valence-electron chi connectivity index (χ4n) is 1.98. The average molecular weight is 298 g/mol. The monoisotopic (exact) mass is 298 g/mol. The van der Waals surface area contributed by atoms with Crippen LogP contribution in [0.25, 0.3) is 0 Å². The van der Waals surface area contributed by atoms with Crippen molar-refractivity contribution in [3.8, 4) is 0 Å². The van der Waals surface area contributed by atoms with E-state index >= 15 is 0 Å². The number of urea groups is 1. The fourth-order valence-corrected chi connectivity index (χ4v) is 1.98. The van der Waals surface area contributed by atoms with Crippen LogP contribution in [0.3, 0.4) is 0 Å². The van der Waals surface area contributed by atoms with Crippen molar-refractivity contribution in [3.63, 3.8) is 0 Å². The number of carbonyl (C=O) groups excluding carboxylic acids is 1. The number of amides is 2. The van der Waals surface area contributed by atoms with Crippen LogP contribution in [-0.4, -0.2) is 17.1 Å². The highest BCUT2D eigenvalue weighted by molar-refractivity contribution is 5.99. The van der Waals surface area contributed by atoms with Gasteiger partial charge in [0.05, 0.1) is 5.92 Å². The Balaban J connectivity index is 1.91. The molecule has 22 heavy (non-hydrogen) atoms. The molecule has 0 aliphatic rings. The van der Waals surface area contributed by atoms with Crippen LogP contribution in [-0.2, 0) is 11.2 Å². The van der Waals surface area contributed by atoms with Crippen molar-refractivity contribution in [1.29, 1.82) is 0 Å². The first-order valence-electron chi connectivity index (χ1n) is 6.99. The summed E-state index contributed by atoms with van der Waals surface area (Å²) in [4.78, 5) is 22.7. The summed E-state index contributed by atoms with van der Waals surface area (Å²) in [6.45, 7) is 1.67. The Morgan fingerprint density at radius 2 is 1.50 bits per heavy atom. The summed E-state index contributed by atoms with van der Waals surface area (Å²) >= 11 is 0. The van der Waals surface area contributed by atoms with Crippen LogP contribution in [0.4, 0.5) is 16.2 Å². The highest BCUT2D eigenvalue weighted by atomic mass is 16.4. The Hall–Kier alpha value is -2.82. The largest absolute Gasteiger partial charge is 0.481 e. The van der Waals surface area contributed by atoms with Gasteiger partial charge in [-0.15, -0.1) is 0 Å². The van der Waals surface area contributed by atoms with Crippen LogP contribution in [0.2, 0.25) is 0 Å². The molecule has 0 bridgehead atoms. The average Bonchev–Trinajstić information content (AvgIpc) is 2.50. The number of rotatable bonds is 5. The van der Waals surface area contributed by atoms with Gasteiger partial charge in [-0.05, 0) is 36.2 Å². The number of hydrogen-bond acceptors (Lipinski definition) is 2. The number of anilines is 2. The minimum Gasteiger partial charge on any atom is -0.481 e. The molecule has 0 unspecified atom stereocenters. The SMILES string of the molecule is C[C@H](Cc1ccc(NC(=O)Nc2ccccc2)cc1)C(=O)O. The molecule has 1 atom stereocenters. The standard InChI is InChI=1S/C17H18N2O3/c1-12(16(20)21)11-13-7-9-15(10-8-13)19-17(22)18-14-5-3-2-4-6-14/h2-10,12H,11H2,1H3,(H,20,21)(H2,18,19,22)/t12-/m1/s1. The van der Waals surface area contributed by atoms with Crippen LogP contribution >= 0.6 is 0 Å². The molecule has 0 aliphatic carbocycles. The Kier molecular flexibility index (Phi) is 5.14. The Labute approximate surface area is 129 Å². The fraction of sp³-hybridized carbons (Fsp3) is 0.176. The third kappa shape index (κ3) is 4.63. The van der Waals surface area contributed by atoms with Gasteiger partial charge in [0.25, 0.3) is 0 Å². The van der Waals surface area contributed by atoms with Gasteiger partial charge in [0.2, 0.25) is 0 Å². The molecule has 0 heterocycles. The van der Waals surface area contributed by atoms with Crippen molar-refractivity contribution in [2.24, 2.45) is 5.92 Å². The first-order chi connectivity index (χ1) is 10.5. The van der Waals surface area contributed by atoms with Gasteiger partial charge in [-0.25, -0.2) is 4.79 Å². The Bertz CT molecular complexity index is 639. The molecule has 0 spiro atoms. The van der Waals surface area contributed by atoms with E-state index in [1.807, 2.05) is 30.3 Å². The van der Waals surface area contributed by atoms with Gasteiger partial charge in [0, 0.05) is 11.4 Å². The molecule has 0 saturated carbocycles. The molecular weight excluding hydrogens is 280 g/mol. The van der Waals surface area contributed by atoms with E-state index in [1.54, 1.807) is 31.2 Å². The maximum Gasteiger partial charge on any atom is 0.323 e. The van der Waals surface area contributed by atoms with Gasteiger partial charge in [0.1, 0.15) is 0 Å². The van der Waals surface area contributed by atoms with E-state index in [4.69, 9.17) is 5.11 Å². The summed E-state index contributed by atoms with van der Waals surface area (Å²) in [6, 6.07) is 16.0. The van der Waals surface area contributed by atoms with E-state index in [1.165, 1.54) is 0 Å². The van der Waals surface area contributed by atoms with Crippen molar-refractivity contribution in [2.45, 2.75) is 13.3 Å². The molecule has 2 aromatic rings. The normalized spacial score (nSPS) is 11.5. The molecule has 0 aromatic heterocycles. The minimum atomic E-state index is -0.815. The summed E-state index contributed by atoms with van der Waals surface area (Å²) in [5.74, 6) is -1.25. The van der Waals surface area contributed by atoms with Crippen molar-refractivity contribution < 1.29 is 14.7 Å². The topological polar surface area (TPSA) is 78.4 Å². The molecule has 2 aromatic carbocycles. The van der Waals surface area contributed by atoms with E-state index in [0.717, 1.165) is 5.56 Å².